The van der Waals surface area contributed by atoms with E-state index in [2.05, 4.69) is 11.4 Å². The minimum Gasteiger partial charge on any atom is -0.373 e. The molecule has 1 aromatic rings. The van der Waals surface area contributed by atoms with Crippen LogP contribution < -0.4 is 5.32 Å². The van der Waals surface area contributed by atoms with Crippen LogP contribution in [0.1, 0.15) is 30.4 Å². The van der Waals surface area contributed by atoms with Crippen molar-refractivity contribution in [3.05, 3.63) is 29.3 Å². The van der Waals surface area contributed by atoms with E-state index in [0.717, 1.165) is 24.1 Å². The molecule has 2 fully saturated rings. The van der Waals surface area contributed by atoms with Gasteiger partial charge in [0.15, 0.2) is 0 Å². The molecule has 1 aromatic carbocycles. The maximum absolute atomic E-state index is 12.2. The highest BCUT2D eigenvalue weighted by atomic mass is 16.2. The zero-order chi connectivity index (χ0) is 14.3. The first kappa shape index (κ1) is 12.7. The Morgan fingerprint density at radius 2 is 2.10 bits per heavy atom. The number of benzene rings is 1. The first-order chi connectivity index (χ1) is 9.60. The predicted molar refractivity (Wildman–Crippen MR) is 72.8 cm³/mol. The van der Waals surface area contributed by atoms with Gasteiger partial charge in [0.2, 0.25) is 5.91 Å². The summed E-state index contributed by atoms with van der Waals surface area (Å²) in [5.41, 5.74) is 2.23. The Balaban J connectivity index is 1.80. The molecule has 1 N–H and O–H groups in total. The summed E-state index contributed by atoms with van der Waals surface area (Å²) in [5, 5.41) is 12.0. The van der Waals surface area contributed by atoms with Crippen molar-refractivity contribution in [3.63, 3.8) is 0 Å². The number of imide groups is 1. The molecule has 0 bridgehead atoms. The van der Waals surface area contributed by atoms with Gasteiger partial charge in [-0.15, -0.1) is 0 Å². The second-order valence-electron chi connectivity index (χ2n) is 5.38. The molecule has 2 aliphatic rings. The second-order valence-corrected chi connectivity index (χ2v) is 5.38. The summed E-state index contributed by atoms with van der Waals surface area (Å²) in [6.45, 7) is 1.91. The number of anilines is 1. The number of amides is 2. The number of hydrogen-bond donors (Lipinski definition) is 1. The molecule has 0 radical (unpaired) electrons. The predicted octanol–water partition coefficient (Wildman–Crippen LogP) is 1.57. The van der Waals surface area contributed by atoms with Gasteiger partial charge in [0.1, 0.15) is 6.04 Å². The summed E-state index contributed by atoms with van der Waals surface area (Å²) in [6, 6.07) is 6.97. The van der Waals surface area contributed by atoms with Crippen molar-refractivity contribution in [1.82, 2.24) is 4.90 Å². The Hall–Kier alpha value is -2.35. The number of hydrogen-bond acceptors (Lipinski definition) is 4. The molecule has 0 spiro atoms. The van der Waals surface area contributed by atoms with E-state index < -0.39 is 6.04 Å². The normalized spacial score (nSPS) is 22.0. The molecule has 3 rings (SSSR count). The van der Waals surface area contributed by atoms with Gasteiger partial charge >= 0.3 is 0 Å². The molecule has 1 saturated heterocycles. The highest BCUT2D eigenvalue weighted by Gasteiger charge is 2.46. The quantitative estimate of drug-likeness (QED) is 0.845. The molecule has 102 valence electrons. The zero-order valence-corrected chi connectivity index (χ0v) is 11.2. The SMILES string of the molecule is Cc1ccc(C#N)cc1NC1CC(=O)N(C2CC2)C1=O. The highest BCUT2D eigenvalue weighted by molar-refractivity contribution is 6.07. The largest absolute Gasteiger partial charge is 0.373 e. The van der Waals surface area contributed by atoms with Crippen LogP contribution in [0.25, 0.3) is 0 Å². The number of likely N-dealkylation sites (tertiary alicyclic amines) is 1. The Bertz CT molecular complexity index is 628. The van der Waals surface area contributed by atoms with Crippen molar-refractivity contribution in [2.24, 2.45) is 0 Å². The minimum absolute atomic E-state index is 0.0934. The summed E-state index contributed by atoms with van der Waals surface area (Å²) in [6.07, 6.45) is 2.05. The van der Waals surface area contributed by atoms with E-state index in [1.165, 1.54) is 4.90 Å². The highest BCUT2D eigenvalue weighted by Crippen LogP contribution is 2.32. The van der Waals surface area contributed by atoms with Gasteiger partial charge in [-0.1, -0.05) is 6.07 Å². The summed E-state index contributed by atoms with van der Waals surface area (Å²) >= 11 is 0. The molecule has 0 aromatic heterocycles. The van der Waals surface area contributed by atoms with Crippen LogP contribution in [0.2, 0.25) is 0 Å². The van der Waals surface area contributed by atoms with Gasteiger partial charge < -0.3 is 5.32 Å². The van der Waals surface area contributed by atoms with E-state index in [0.29, 0.717) is 5.56 Å². The summed E-state index contributed by atoms with van der Waals surface area (Å²) in [7, 11) is 0. The minimum atomic E-state index is -0.504. The average Bonchev–Trinajstić information content (AvgIpc) is 3.21. The summed E-state index contributed by atoms with van der Waals surface area (Å²) < 4.78 is 0. The Kier molecular flexibility index (Phi) is 2.94. The van der Waals surface area contributed by atoms with Crippen LogP contribution in [-0.2, 0) is 9.59 Å². The third-order valence-corrected chi connectivity index (χ3v) is 3.79. The van der Waals surface area contributed by atoms with Gasteiger partial charge in [0.25, 0.3) is 5.91 Å². The van der Waals surface area contributed by atoms with E-state index in [1.807, 2.05) is 13.0 Å². The lowest BCUT2D eigenvalue weighted by molar-refractivity contribution is -0.139. The summed E-state index contributed by atoms with van der Waals surface area (Å²) in [5.74, 6) is -0.233. The van der Waals surface area contributed by atoms with Crippen LogP contribution in [0.15, 0.2) is 18.2 Å². The molecule has 1 atom stereocenters. The maximum Gasteiger partial charge on any atom is 0.252 e. The van der Waals surface area contributed by atoms with Gasteiger partial charge in [-0.3, -0.25) is 14.5 Å². The second kappa shape index (κ2) is 4.64. The number of nitrogens with zero attached hydrogens (tertiary/aromatic N) is 2. The lowest BCUT2D eigenvalue weighted by Crippen LogP contribution is -2.36. The van der Waals surface area contributed by atoms with Crippen LogP contribution in [0.3, 0.4) is 0 Å². The molecule has 20 heavy (non-hydrogen) atoms. The van der Waals surface area contributed by atoms with Crippen molar-refractivity contribution in [3.8, 4) is 6.07 Å². The molecule has 1 aliphatic heterocycles. The first-order valence-electron chi connectivity index (χ1n) is 6.73. The van der Waals surface area contributed by atoms with Gasteiger partial charge in [0, 0.05) is 11.7 Å². The standard InChI is InChI=1S/C15H15N3O2/c1-9-2-3-10(8-16)6-12(9)17-13-7-14(19)18(15(13)20)11-4-5-11/h2-3,6,11,13,17H,4-5,7H2,1H3. The molecule has 1 saturated carbocycles. The average molecular weight is 269 g/mol. The first-order valence-corrected chi connectivity index (χ1v) is 6.73. The van der Waals surface area contributed by atoms with Crippen molar-refractivity contribution in [2.75, 3.05) is 5.32 Å². The molecular formula is C15H15N3O2. The summed E-state index contributed by atoms with van der Waals surface area (Å²) in [4.78, 5) is 25.5. The lowest BCUT2D eigenvalue weighted by atomic mass is 10.1. The Morgan fingerprint density at radius 1 is 1.35 bits per heavy atom. The van der Waals surface area contributed by atoms with Crippen molar-refractivity contribution >= 4 is 17.5 Å². The molecule has 5 nitrogen and oxygen atoms in total. The third-order valence-electron chi connectivity index (χ3n) is 3.79. The van der Waals surface area contributed by atoms with Crippen LogP contribution in [-0.4, -0.2) is 28.8 Å². The fourth-order valence-electron chi connectivity index (χ4n) is 2.51. The van der Waals surface area contributed by atoms with Crippen LogP contribution >= 0.6 is 0 Å². The number of nitrogens with one attached hydrogen (secondary N) is 1. The van der Waals surface area contributed by atoms with E-state index >= 15 is 0 Å². The van der Waals surface area contributed by atoms with Crippen LogP contribution in [0, 0.1) is 18.3 Å². The molecule has 1 unspecified atom stereocenters. The Labute approximate surface area is 117 Å². The van der Waals surface area contributed by atoms with Crippen molar-refractivity contribution in [1.29, 1.82) is 5.26 Å². The fourth-order valence-corrected chi connectivity index (χ4v) is 2.51. The molecule has 1 heterocycles. The van der Waals surface area contributed by atoms with E-state index in [4.69, 9.17) is 5.26 Å². The number of carbonyl (C=O) groups excluding carboxylic acids is 2. The van der Waals surface area contributed by atoms with E-state index in [9.17, 15) is 9.59 Å². The number of carbonyl (C=O) groups is 2. The monoisotopic (exact) mass is 269 g/mol. The van der Waals surface area contributed by atoms with Gasteiger partial charge in [-0.2, -0.15) is 5.26 Å². The third kappa shape index (κ3) is 2.14. The zero-order valence-electron chi connectivity index (χ0n) is 11.2. The smallest absolute Gasteiger partial charge is 0.252 e. The number of rotatable bonds is 3. The molecule has 5 heteroatoms. The van der Waals surface area contributed by atoms with Crippen molar-refractivity contribution in [2.45, 2.75) is 38.3 Å². The van der Waals surface area contributed by atoms with Gasteiger partial charge in [-0.05, 0) is 37.5 Å². The van der Waals surface area contributed by atoms with E-state index in [-0.39, 0.29) is 24.3 Å². The lowest BCUT2D eigenvalue weighted by Gasteiger charge is -2.16. The van der Waals surface area contributed by atoms with Crippen molar-refractivity contribution < 1.29 is 9.59 Å². The molecule has 1 aliphatic carbocycles. The van der Waals surface area contributed by atoms with Gasteiger partial charge in [-0.25, -0.2) is 0 Å². The number of aryl methyl sites for hydroxylation is 1. The van der Waals surface area contributed by atoms with E-state index in [1.54, 1.807) is 12.1 Å². The Morgan fingerprint density at radius 3 is 2.75 bits per heavy atom. The number of nitriles is 1. The van der Waals surface area contributed by atoms with Crippen LogP contribution in [0.5, 0.6) is 0 Å². The molecule has 2 amide bonds. The molecular weight excluding hydrogens is 254 g/mol. The maximum atomic E-state index is 12.2. The van der Waals surface area contributed by atoms with Gasteiger partial charge in [0.05, 0.1) is 18.1 Å². The topological polar surface area (TPSA) is 73.2 Å². The van der Waals surface area contributed by atoms with Crippen LogP contribution in [0.4, 0.5) is 5.69 Å². The fraction of sp³-hybridized carbons (Fsp3) is 0.400.